The van der Waals surface area contributed by atoms with Crippen molar-refractivity contribution in [1.29, 1.82) is 5.26 Å². The number of methoxy groups -OCH3 is 3. The third-order valence-electron chi connectivity index (χ3n) is 8.19. The Bertz CT molecular complexity index is 2570. The van der Waals surface area contributed by atoms with Crippen LogP contribution in [-0.4, -0.2) is 91.5 Å². The summed E-state index contributed by atoms with van der Waals surface area (Å²) in [6, 6.07) is 33.1. The van der Waals surface area contributed by atoms with E-state index >= 15 is 0 Å². The number of thiocarbonyl (C=S) groups is 1. The topological polar surface area (TPSA) is 258 Å². The van der Waals surface area contributed by atoms with Gasteiger partial charge in [-0.25, -0.2) is 5.84 Å². The third-order valence-corrected chi connectivity index (χ3v) is 9.35. The molecule has 0 aliphatic heterocycles. The van der Waals surface area contributed by atoms with Crippen LogP contribution in [0.25, 0.3) is 17.1 Å². The van der Waals surface area contributed by atoms with Crippen LogP contribution in [0.2, 0.25) is 0 Å². The largest absolute Gasteiger partial charge is 1.00 e. The number of aromatic amines is 1. The molecular formula is C46H49KN10O7S3. The van der Waals surface area contributed by atoms with Crippen molar-refractivity contribution in [3.63, 3.8) is 0 Å². The summed E-state index contributed by atoms with van der Waals surface area (Å²) in [6.45, 7) is 2.31. The zero-order valence-electron chi connectivity index (χ0n) is 37.4. The molecule has 17 nitrogen and oxygen atoms in total. The monoisotopic (exact) mass is 988 g/mol. The Morgan fingerprint density at radius 2 is 1.19 bits per heavy atom. The number of nitrogens with zero attached hydrogens (tertiary/aromatic N) is 6. The minimum atomic E-state index is -0.303. The van der Waals surface area contributed by atoms with Crippen molar-refractivity contribution >= 4 is 52.9 Å². The fourth-order valence-electron chi connectivity index (χ4n) is 5.06. The summed E-state index contributed by atoms with van der Waals surface area (Å²) in [4.78, 5) is 36.0. The molecule has 0 aliphatic carbocycles. The maximum atomic E-state index is 11.9. The molecule has 3 aromatic carbocycles. The number of aromatic nitrogens is 6. The number of thioether (sulfide) groups is 1. The Hall–Kier alpha value is -5.74. The van der Waals surface area contributed by atoms with Crippen LogP contribution in [0.5, 0.6) is 17.2 Å². The van der Waals surface area contributed by atoms with Crippen LogP contribution in [0.4, 0.5) is 0 Å². The van der Waals surface area contributed by atoms with Gasteiger partial charge in [0.05, 0.1) is 27.0 Å². The zero-order valence-corrected chi connectivity index (χ0v) is 43.0. The first kappa shape index (κ1) is 59.3. The molecule has 67 heavy (non-hydrogen) atoms. The van der Waals surface area contributed by atoms with Gasteiger partial charge in [-0.05, 0) is 134 Å². The predicted molar refractivity (Wildman–Crippen MR) is 259 cm³/mol. The average molecular weight is 989 g/mol. The number of H-pyrrole nitrogens is 1. The van der Waals surface area contributed by atoms with E-state index in [1.54, 1.807) is 77.3 Å². The summed E-state index contributed by atoms with van der Waals surface area (Å²) in [5.74, 6) is 7.62. The van der Waals surface area contributed by atoms with Crippen LogP contribution in [0.3, 0.4) is 0 Å². The van der Waals surface area contributed by atoms with Gasteiger partial charge in [0.15, 0.2) is 10.6 Å². The quantitative estimate of drug-likeness (QED) is 0.0219. The Kier molecular flexibility index (Phi) is 30.6. The van der Waals surface area contributed by atoms with Crippen molar-refractivity contribution in [3.8, 4) is 39.7 Å². The molecule has 0 atom stereocenters. The summed E-state index contributed by atoms with van der Waals surface area (Å²) in [7, 11) is 4.89. The molecule has 4 heterocycles. The van der Waals surface area contributed by atoms with Gasteiger partial charge < -0.3 is 30.1 Å². The van der Waals surface area contributed by atoms with Crippen molar-refractivity contribution in [2.75, 3.05) is 34.5 Å². The Labute approximate surface area is 446 Å². The van der Waals surface area contributed by atoms with Gasteiger partial charge in [-0.3, -0.25) is 39.6 Å². The fourth-order valence-corrected chi connectivity index (χ4v) is 5.92. The molecule has 0 spiro atoms. The number of amides is 2. The number of pyridine rings is 3. The first-order chi connectivity index (χ1) is 31.6. The molecule has 4 aromatic heterocycles. The van der Waals surface area contributed by atoms with E-state index in [9.17, 15) is 9.59 Å². The number of thiocyanates is 1. The maximum absolute atomic E-state index is 11.9. The molecule has 344 valence electrons. The number of carbonyl (C=O) groups is 2. The Morgan fingerprint density at radius 3 is 1.64 bits per heavy atom. The van der Waals surface area contributed by atoms with Gasteiger partial charge in [0.2, 0.25) is 0 Å². The number of hydrazine groups is 1. The molecular weight excluding hydrogens is 940 g/mol. The molecule has 2 amide bonds. The smallest absolute Gasteiger partial charge is 0.870 e. The van der Waals surface area contributed by atoms with Gasteiger partial charge in [-0.15, -0.1) is 0 Å². The second-order valence-corrected chi connectivity index (χ2v) is 14.3. The first-order valence-corrected chi connectivity index (χ1v) is 21.0. The van der Waals surface area contributed by atoms with Crippen LogP contribution in [-0.2, 0) is 6.42 Å². The summed E-state index contributed by atoms with van der Waals surface area (Å²) >= 11 is 11.8. The van der Waals surface area contributed by atoms with Crippen LogP contribution in [0.1, 0.15) is 33.2 Å². The van der Waals surface area contributed by atoms with E-state index in [2.05, 4.69) is 30.5 Å². The van der Waals surface area contributed by atoms with E-state index < -0.39 is 0 Å². The van der Waals surface area contributed by atoms with Crippen molar-refractivity contribution in [3.05, 3.63) is 168 Å². The minimum absolute atomic E-state index is 0. The number of nitrogens with one attached hydrogen (secondary N) is 3. The normalized spacial score (nSPS) is 9.27. The number of hydrogen-bond donors (Lipinski definition) is 5. The number of nitrogens with two attached hydrogens (primary N) is 1. The molecule has 0 fully saturated rings. The third kappa shape index (κ3) is 21.6. The average Bonchev–Trinajstić information content (AvgIpc) is 3.76. The minimum Gasteiger partial charge on any atom is -0.870 e. The van der Waals surface area contributed by atoms with E-state index in [-0.39, 0.29) is 75.3 Å². The standard InChI is InChI=1S/C16H16N2O2S.C14H12N4OS.C8H7NOS.C6H7N3O.C2H6O.K.H2O/c1-20-14-4-2-12(3-5-14)10-15(21)11-18-16(19)13-6-8-17-9-7-13;1-19-12-4-2-11(3-5-12)18-13(16-17-14(18)20)10-6-8-15-9-7-10;1-10-7-2-4-8(5-3-7)11-6-9;7-9-6(10)5-1-3-8-4-2-5;1-2-3;;/h2-9H,10-11H2,1H3,(H,18,19);2-9H,1H3,(H,17,20);2-5H,1H3;1-4H,7H2,(H,9,10);3H,2H2,1H3;;1H2/q;;;;;+1;/p-1. The molecule has 0 radical (unpaired) electrons. The number of hydrogen-bond acceptors (Lipinski definition) is 16. The molecule has 0 saturated carbocycles. The van der Waals surface area contributed by atoms with Gasteiger partial charge in [0.1, 0.15) is 22.6 Å². The molecule has 0 unspecified atom stereocenters. The van der Waals surface area contributed by atoms with Gasteiger partial charge in [0.25, 0.3) is 11.8 Å². The summed E-state index contributed by atoms with van der Waals surface area (Å²) in [5.41, 5.74) is 6.08. The van der Waals surface area contributed by atoms with Gasteiger partial charge in [-0.2, -0.15) is 10.4 Å². The predicted octanol–water partition coefficient (Wildman–Crippen LogP) is 4.21. The number of aliphatic hydroxyl groups excluding tert-OH is 1. The molecule has 0 saturated heterocycles. The molecule has 7 aromatic rings. The summed E-state index contributed by atoms with van der Waals surface area (Å²) < 4.78 is 17.6. The molecule has 7 N–H and O–H groups in total. The maximum Gasteiger partial charge on any atom is 1.00 e. The van der Waals surface area contributed by atoms with E-state index in [1.165, 1.54) is 12.4 Å². The number of nitrogen functional groups attached to an aromatic ring is 1. The Balaban J connectivity index is 0.000000452. The van der Waals surface area contributed by atoms with E-state index in [1.807, 2.05) is 100 Å². The van der Waals surface area contributed by atoms with Crippen LogP contribution in [0.15, 0.2) is 151 Å². The second-order valence-electron chi connectivity index (χ2n) is 12.5. The van der Waals surface area contributed by atoms with Crippen LogP contribution >= 0.6 is 36.2 Å². The SMILES string of the molecule is CCO.COc1ccc(-n2c(-c3ccncc3)n[nH]c2=S)cc1.COc1ccc(CC(=S)CNC(=O)c2ccncc2)cc1.COc1ccc(SC#N)cc1.NNC(=O)c1ccncc1.[K+].[OH-]. The molecule has 21 heteroatoms. The number of aliphatic hydroxyl groups is 1. The van der Waals surface area contributed by atoms with E-state index in [4.69, 9.17) is 54.9 Å². The number of rotatable bonds is 12. The van der Waals surface area contributed by atoms with Crippen molar-refractivity contribution < 1.29 is 85.8 Å². The number of ether oxygens (including phenoxy) is 3. The number of benzene rings is 3. The van der Waals surface area contributed by atoms with E-state index in [0.29, 0.717) is 28.9 Å². The first-order valence-electron chi connectivity index (χ1n) is 19.4. The summed E-state index contributed by atoms with van der Waals surface area (Å²) in [6.07, 6.45) is 10.3. The number of carbonyl (C=O) groups excluding carboxylic acids is 2. The van der Waals surface area contributed by atoms with Crippen LogP contribution < -0.4 is 82.2 Å². The molecule has 7 rings (SSSR count). The van der Waals surface area contributed by atoms with Gasteiger partial charge in [0, 0.05) is 83.2 Å². The second kappa shape index (κ2) is 34.5. The van der Waals surface area contributed by atoms with Crippen molar-refractivity contribution in [2.45, 2.75) is 18.2 Å². The van der Waals surface area contributed by atoms with Gasteiger partial charge >= 0.3 is 51.4 Å². The Morgan fingerprint density at radius 1 is 0.761 bits per heavy atom. The zero-order chi connectivity index (χ0) is 47.2. The molecule has 0 bridgehead atoms. The van der Waals surface area contributed by atoms with E-state index in [0.717, 1.165) is 61.4 Å². The summed E-state index contributed by atoms with van der Waals surface area (Å²) in [5, 5.41) is 27.8. The van der Waals surface area contributed by atoms with Crippen LogP contribution in [0, 0.1) is 15.4 Å². The van der Waals surface area contributed by atoms with Crippen molar-refractivity contribution in [2.24, 2.45) is 5.84 Å². The fraction of sp³-hybridized carbons (Fsp3) is 0.152. The van der Waals surface area contributed by atoms with Gasteiger partial charge in [-0.1, -0.05) is 24.4 Å². The number of nitriles is 1. The van der Waals surface area contributed by atoms with Crippen molar-refractivity contribution in [1.82, 2.24) is 40.5 Å². The molecule has 0 aliphatic rings.